The van der Waals surface area contributed by atoms with E-state index in [4.69, 9.17) is 0 Å². The molecule has 0 radical (unpaired) electrons. The minimum atomic E-state index is -0.893. The molecule has 0 saturated heterocycles. The summed E-state index contributed by atoms with van der Waals surface area (Å²) < 4.78 is 0. The highest BCUT2D eigenvalue weighted by Gasteiger charge is 2.43. The van der Waals surface area contributed by atoms with Gasteiger partial charge in [-0.2, -0.15) is 0 Å². The average Bonchev–Trinajstić information content (AvgIpc) is 2.64. The van der Waals surface area contributed by atoms with Crippen molar-refractivity contribution in [2.45, 2.75) is 45.1 Å². The van der Waals surface area contributed by atoms with Crippen molar-refractivity contribution in [2.75, 3.05) is 0 Å². The molecule has 1 aliphatic rings. The Labute approximate surface area is 154 Å². The molecule has 0 heterocycles. The zero-order valence-corrected chi connectivity index (χ0v) is 15.1. The van der Waals surface area contributed by atoms with Crippen LogP contribution in [-0.2, 0) is 11.2 Å². The molecule has 2 aromatic rings. The number of benzene rings is 2. The van der Waals surface area contributed by atoms with Gasteiger partial charge in [-0.15, -0.1) is 0 Å². The molecule has 2 atom stereocenters. The minimum Gasteiger partial charge on any atom is -0.481 e. The summed E-state index contributed by atoms with van der Waals surface area (Å²) in [4.78, 5) is 24.4. The Morgan fingerprint density at radius 3 is 2.54 bits per heavy atom. The van der Waals surface area contributed by atoms with Crippen molar-refractivity contribution in [3.63, 3.8) is 0 Å². The lowest BCUT2D eigenvalue weighted by Crippen LogP contribution is -2.52. The van der Waals surface area contributed by atoms with E-state index < -0.39 is 11.4 Å². The summed E-state index contributed by atoms with van der Waals surface area (Å²) in [7, 11) is 0. The molecule has 136 valence electrons. The van der Waals surface area contributed by atoms with Crippen LogP contribution < -0.4 is 5.32 Å². The molecule has 4 heteroatoms. The first-order valence-corrected chi connectivity index (χ1v) is 9.16. The van der Waals surface area contributed by atoms with Crippen molar-refractivity contribution in [3.8, 4) is 0 Å². The van der Waals surface area contributed by atoms with Gasteiger partial charge >= 0.3 is 5.97 Å². The van der Waals surface area contributed by atoms with Crippen LogP contribution in [0.25, 0.3) is 0 Å². The van der Waals surface area contributed by atoms with Crippen LogP contribution in [0.2, 0.25) is 0 Å². The number of rotatable bonds is 5. The van der Waals surface area contributed by atoms with Crippen molar-refractivity contribution in [3.05, 3.63) is 71.3 Å². The number of hydrogen-bond donors (Lipinski definition) is 2. The summed E-state index contributed by atoms with van der Waals surface area (Å²) in [5.74, 6) is -1.03. The zero-order valence-electron chi connectivity index (χ0n) is 15.1. The third kappa shape index (κ3) is 3.96. The van der Waals surface area contributed by atoms with Crippen LogP contribution in [0, 0.1) is 5.41 Å². The molecule has 3 rings (SSSR count). The molecule has 0 aromatic heterocycles. The average molecular weight is 351 g/mol. The van der Waals surface area contributed by atoms with E-state index in [1.165, 1.54) is 5.56 Å². The normalized spacial score (nSPS) is 22.6. The number of amides is 1. The molecule has 0 spiro atoms. The molecule has 0 bridgehead atoms. The van der Waals surface area contributed by atoms with E-state index in [-0.39, 0.29) is 11.9 Å². The quantitative estimate of drug-likeness (QED) is 0.854. The topological polar surface area (TPSA) is 66.4 Å². The molecule has 1 saturated carbocycles. The predicted molar refractivity (Wildman–Crippen MR) is 101 cm³/mol. The Morgan fingerprint density at radius 1 is 1.08 bits per heavy atom. The lowest BCUT2D eigenvalue weighted by Gasteiger charge is -2.38. The van der Waals surface area contributed by atoms with Crippen molar-refractivity contribution in [1.29, 1.82) is 0 Å². The van der Waals surface area contributed by atoms with E-state index in [0.717, 1.165) is 24.8 Å². The fourth-order valence-electron chi connectivity index (χ4n) is 3.72. The van der Waals surface area contributed by atoms with Crippen molar-refractivity contribution in [2.24, 2.45) is 5.41 Å². The smallest absolute Gasteiger partial charge is 0.311 e. The first kappa shape index (κ1) is 18.2. The molecule has 2 N–H and O–H groups in total. The fraction of sp³-hybridized carbons (Fsp3) is 0.364. The lowest BCUT2D eigenvalue weighted by atomic mass is 9.71. The van der Waals surface area contributed by atoms with E-state index in [0.29, 0.717) is 18.4 Å². The van der Waals surface area contributed by atoms with E-state index in [9.17, 15) is 14.7 Å². The molecular weight excluding hydrogens is 326 g/mol. The Bertz CT molecular complexity index is 787. The van der Waals surface area contributed by atoms with Gasteiger partial charge in [-0.1, -0.05) is 55.3 Å². The van der Waals surface area contributed by atoms with Gasteiger partial charge in [0.05, 0.1) is 5.41 Å². The number of carboxylic acid groups (broad SMARTS) is 1. The summed E-state index contributed by atoms with van der Waals surface area (Å²) in [5.41, 5.74) is 1.94. The summed E-state index contributed by atoms with van der Waals surface area (Å²) in [6, 6.07) is 17.3. The fourth-order valence-corrected chi connectivity index (χ4v) is 3.72. The number of nitrogens with one attached hydrogen (secondary N) is 1. The van der Waals surface area contributed by atoms with Crippen LogP contribution in [-0.4, -0.2) is 23.0 Å². The molecule has 26 heavy (non-hydrogen) atoms. The van der Waals surface area contributed by atoms with Crippen molar-refractivity contribution in [1.82, 2.24) is 5.32 Å². The molecule has 4 nitrogen and oxygen atoms in total. The highest BCUT2D eigenvalue weighted by molar-refractivity contribution is 5.95. The number of carboxylic acids is 1. The monoisotopic (exact) mass is 351 g/mol. The first-order chi connectivity index (χ1) is 12.5. The number of carbonyl (C=O) groups excluding carboxylic acids is 1. The molecule has 1 fully saturated rings. The van der Waals surface area contributed by atoms with Gasteiger partial charge < -0.3 is 10.4 Å². The summed E-state index contributed by atoms with van der Waals surface area (Å²) in [6.45, 7) is 1.74. The van der Waals surface area contributed by atoms with Crippen LogP contribution in [0.15, 0.2) is 54.6 Å². The van der Waals surface area contributed by atoms with Crippen LogP contribution in [0.4, 0.5) is 0 Å². The van der Waals surface area contributed by atoms with E-state index in [1.807, 2.05) is 36.4 Å². The second-order valence-corrected chi connectivity index (χ2v) is 7.36. The maximum Gasteiger partial charge on any atom is 0.311 e. The van der Waals surface area contributed by atoms with Gasteiger partial charge in [0.1, 0.15) is 0 Å². The first-order valence-electron chi connectivity index (χ1n) is 9.16. The van der Waals surface area contributed by atoms with Crippen molar-refractivity contribution < 1.29 is 14.7 Å². The van der Waals surface area contributed by atoms with Gasteiger partial charge in [-0.3, -0.25) is 9.59 Å². The van der Waals surface area contributed by atoms with Crippen LogP contribution in [0.3, 0.4) is 0 Å². The molecule has 0 aliphatic heterocycles. The van der Waals surface area contributed by atoms with Crippen LogP contribution in [0.5, 0.6) is 0 Å². The highest BCUT2D eigenvalue weighted by Crippen LogP contribution is 2.36. The third-order valence-electron chi connectivity index (χ3n) is 5.44. The van der Waals surface area contributed by atoms with Gasteiger partial charge in [0.25, 0.3) is 5.91 Å². The van der Waals surface area contributed by atoms with E-state index in [2.05, 4.69) is 17.4 Å². The van der Waals surface area contributed by atoms with E-state index in [1.54, 1.807) is 13.0 Å². The number of aliphatic carboxylic acids is 1. The highest BCUT2D eigenvalue weighted by atomic mass is 16.4. The number of carbonyl (C=O) groups is 2. The largest absolute Gasteiger partial charge is 0.481 e. The summed E-state index contributed by atoms with van der Waals surface area (Å²) in [6.07, 6.45) is 3.90. The van der Waals surface area contributed by atoms with Crippen LogP contribution in [0.1, 0.15) is 54.1 Å². The van der Waals surface area contributed by atoms with Gasteiger partial charge in [0.15, 0.2) is 0 Å². The van der Waals surface area contributed by atoms with E-state index >= 15 is 0 Å². The molecule has 2 aromatic carbocycles. The Balaban J connectivity index is 1.73. The van der Waals surface area contributed by atoms with Gasteiger partial charge in [0, 0.05) is 11.6 Å². The third-order valence-corrected chi connectivity index (χ3v) is 5.44. The Kier molecular flexibility index (Phi) is 5.40. The lowest BCUT2D eigenvalue weighted by molar-refractivity contribution is -0.151. The van der Waals surface area contributed by atoms with Gasteiger partial charge in [-0.25, -0.2) is 0 Å². The molecule has 2 unspecified atom stereocenters. The second kappa shape index (κ2) is 7.73. The standard InChI is InChI=1S/C22H25NO3/c1-22(21(25)26)13-6-5-12-19(22)23-20(24)18-11-7-10-17(15-18)14-16-8-3-2-4-9-16/h2-4,7-11,15,19H,5-6,12-14H2,1H3,(H,23,24)(H,25,26). The maximum absolute atomic E-state index is 12.7. The Hall–Kier alpha value is -2.62. The minimum absolute atomic E-state index is 0.195. The molecular formula is C22H25NO3. The molecule has 1 amide bonds. The Morgan fingerprint density at radius 2 is 1.81 bits per heavy atom. The van der Waals surface area contributed by atoms with Crippen LogP contribution >= 0.6 is 0 Å². The summed E-state index contributed by atoms with van der Waals surface area (Å²) >= 11 is 0. The zero-order chi connectivity index (χ0) is 18.6. The van der Waals surface area contributed by atoms with Crippen molar-refractivity contribution >= 4 is 11.9 Å². The number of hydrogen-bond acceptors (Lipinski definition) is 2. The van der Waals surface area contributed by atoms with Gasteiger partial charge in [0.2, 0.25) is 0 Å². The predicted octanol–water partition coefficient (Wildman–Crippen LogP) is 4.04. The maximum atomic E-state index is 12.7. The van der Waals surface area contributed by atoms with Gasteiger partial charge in [-0.05, 0) is 49.4 Å². The summed E-state index contributed by atoms with van der Waals surface area (Å²) in [5, 5.41) is 12.6. The molecule has 1 aliphatic carbocycles. The SMILES string of the molecule is CC1(C(=O)O)CCCCC1NC(=O)c1cccc(Cc2ccccc2)c1. The second-order valence-electron chi connectivity index (χ2n) is 7.36.